The Morgan fingerprint density at radius 1 is 1.20 bits per heavy atom. The first-order valence-electron chi connectivity index (χ1n) is 6.87. The standard InChI is InChI=1S/C15H23N3O2/c1-5-12(6-2)16-15(20)17-13-9-7-8-11(10-13)14(19)18(3)4/h7-10,12H,5-6H2,1-4H3,(H2,16,17,20). The average Bonchev–Trinajstić information content (AvgIpc) is 2.44. The van der Waals surface area contributed by atoms with E-state index in [0.29, 0.717) is 11.3 Å². The van der Waals surface area contributed by atoms with Gasteiger partial charge in [-0.25, -0.2) is 4.79 Å². The molecular weight excluding hydrogens is 254 g/mol. The van der Waals surface area contributed by atoms with Crippen LogP contribution in [0, 0.1) is 0 Å². The first kappa shape index (κ1) is 16.0. The molecular formula is C15H23N3O2. The molecule has 2 N–H and O–H groups in total. The first-order chi connectivity index (χ1) is 9.47. The second-order valence-electron chi connectivity index (χ2n) is 4.89. The number of carbonyl (C=O) groups excluding carboxylic acids is 2. The van der Waals surface area contributed by atoms with Gasteiger partial charge >= 0.3 is 6.03 Å². The van der Waals surface area contributed by atoms with Gasteiger partial charge in [-0.15, -0.1) is 0 Å². The number of rotatable bonds is 5. The number of carbonyl (C=O) groups is 2. The van der Waals surface area contributed by atoms with Crippen molar-refractivity contribution in [2.45, 2.75) is 32.7 Å². The molecule has 0 aliphatic rings. The fourth-order valence-electron chi connectivity index (χ4n) is 1.83. The van der Waals surface area contributed by atoms with Gasteiger partial charge in [-0.3, -0.25) is 4.79 Å². The van der Waals surface area contributed by atoms with Gasteiger partial charge in [0, 0.05) is 31.4 Å². The Bertz CT molecular complexity index is 468. The summed E-state index contributed by atoms with van der Waals surface area (Å²) in [5, 5.41) is 5.65. The molecule has 0 radical (unpaired) electrons. The predicted molar refractivity (Wildman–Crippen MR) is 81.0 cm³/mol. The molecule has 0 bridgehead atoms. The van der Waals surface area contributed by atoms with Crippen molar-refractivity contribution in [3.63, 3.8) is 0 Å². The number of benzene rings is 1. The fourth-order valence-corrected chi connectivity index (χ4v) is 1.83. The van der Waals surface area contributed by atoms with Gasteiger partial charge in [-0.2, -0.15) is 0 Å². The summed E-state index contributed by atoms with van der Waals surface area (Å²) in [5.74, 6) is -0.0888. The highest BCUT2D eigenvalue weighted by molar-refractivity contribution is 5.96. The number of hydrogen-bond donors (Lipinski definition) is 2. The smallest absolute Gasteiger partial charge is 0.319 e. The summed E-state index contributed by atoms with van der Waals surface area (Å²) in [4.78, 5) is 25.2. The lowest BCUT2D eigenvalue weighted by Gasteiger charge is -2.16. The predicted octanol–water partition coefficient (Wildman–Crippen LogP) is 2.70. The Hall–Kier alpha value is -2.04. The summed E-state index contributed by atoms with van der Waals surface area (Å²) >= 11 is 0. The van der Waals surface area contributed by atoms with Gasteiger partial charge in [0.05, 0.1) is 0 Å². The quantitative estimate of drug-likeness (QED) is 0.869. The molecule has 0 aliphatic carbocycles. The van der Waals surface area contributed by atoms with Gasteiger partial charge in [0.15, 0.2) is 0 Å². The summed E-state index contributed by atoms with van der Waals surface area (Å²) in [6.45, 7) is 4.07. The third-order valence-electron chi connectivity index (χ3n) is 3.09. The Kier molecular flexibility index (Phi) is 6.03. The van der Waals surface area contributed by atoms with Crippen LogP contribution in [0.2, 0.25) is 0 Å². The summed E-state index contributed by atoms with van der Waals surface area (Å²) < 4.78 is 0. The molecule has 0 aliphatic heterocycles. The maximum absolute atomic E-state index is 11.9. The van der Waals surface area contributed by atoms with Crippen LogP contribution in [0.15, 0.2) is 24.3 Å². The van der Waals surface area contributed by atoms with E-state index in [1.165, 1.54) is 4.90 Å². The highest BCUT2D eigenvalue weighted by atomic mass is 16.2. The van der Waals surface area contributed by atoms with Gasteiger partial charge in [0.1, 0.15) is 0 Å². The normalized spacial score (nSPS) is 10.2. The Balaban J connectivity index is 2.71. The summed E-state index contributed by atoms with van der Waals surface area (Å²) in [5.41, 5.74) is 1.16. The SMILES string of the molecule is CCC(CC)NC(=O)Nc1cccc(C(=O)N(C)C)c1. The van der Waals surface area contributed by atoms with Crippen LogP contribution in [0.4, 0.5) is 10.5 Å². The van der Waals surface area contributed by atoms with Crippen LogP contribution in [0.3, 0.4) is 0 Å². The minimum atomic E-state index is -0.242. The molecule has 0 aromatic heterocycles. The number of hydrogen-bond acceptors (Lipinski definition) is 2. The van der Waals surface area contributed by atoms with Crippen molar-refractivity contribution >= 4 is 17.6 Å². The van der Waals surface area contributed by atoms with E-state index in [1.54, 1.807) is 38.4 Å². The number of nitrogens with one attached hydrogen (secondary N) is 2. The average molecular weight is 277 g/mol. The highest BCUT2D eigenvalue weighted by Crippen LogP contribution is 2.12. The maximum Gasteiger partial charge on any atom is 0.319 e. The van der Waals surface area contributed by atoms with E-state index in [9.17, 15) is 9.59 Å². The summed E-state index contributed by atoms with van der Waals surface area (Å²) in [7, 11) is 3.39. The lowest BCUT2D eigenvalue weighted by Crippen LogP contribution is -2.37. The van der Waals surface area contributed by atoms with Crippen LogP contribution in [-0.2, 0) is 0 Å². The number of urea groups is 1. The minimum absolute atomic E-state index is 0.0888. The van der Waals surface area contributed by atoms with E-state index in [0.717, 1.165) is 12.8 Å². The molecule has 110 valence electrons. The lowest BCUT2D eigenvalue weighted by atomic mass is 10.1. The number of amides is 3. The zero-order chi connectivity index (χ0) is 15.1. The van der Waals surface area contributed by atoms with E-state index in [1.807, 2.05) is 13.8 Å². The molecule has 0 heterocycles. The zero-order valence-electron chi connectivity index (χ0n) is 12.6. The van der Waals surface area contributed by atoms with E-state index >= 15 is 0 Å². The number of nitrogens with zero attached hydrogens (tertiary/aromatic N) is 1. The van der Waals surface area contributed by atoms with Gasteiger partial charge in [0.2, 0.25) is 0 Å². The van der Waals surface area contributed by atoms with E-state index < -0.39 is 0 Å². The van der Waals surface area contributed by atoms with Crippen LogP contribution >= 0.6 is 0 Å². The second kappa shape index (κ2) is 7.53. The van der Waals surface area contributed by atoms with Gasteiger partial charge in [-0.1, -0.05) is 19.9 Å². The fraction of sp³-hybridized carbons (Fsp3) is 0.467. The van der Waals surface area contributed by atoms with Crippen LogP contribution in [-0.4, -0.2) is 37.0 Å². The highest BCUT2D eigenvalue weighted by Gasteiger charge is 2.11. The largest absolute Gasteiger partial charge is 0.345 e. The molecule has 1 aromatic rings. The van der Waals surface area contributed by atoms with Crippen LogP contribution in [0.5, 0.6) is 0 Å². The van der Waals surface area contributed by atoms with Gasteiger partial charge < -0.3 is 15.5 Å². The minimum Gasteiger partial charge on any atom is -0.345 e. The topological polar surface area (TPSA) is 61.4 Å². The summed E-state index contributed by atoms with van der Waals surface area (Å²) in [6.07, 6.45) is 1.78. The molecule has 0 spiro atoms. The van der Waals surface area contributed by atoms with Gasteiger partial charge in [0.25, 0.3) is 5.91 Å². The molecule has 1 aromatic carbocycles. The van der Waals surface area contributed by atoms with Crippen molar-refractivity contribution in [2.24, 2.45) is 0 Å². The molecule has 0 fully saturated rings. The van der Waals surface area contributed by atoms with Gasteiger partial charge in [-0.05, 0) is 31.0 Å². The number of anilines is 1. The first-order valence-corrected chi connectivity index (χ1v) is 6.87. The molecule has 1 rings (SSSR count). The van der Waals surface area contributed by atoms with E-state index in [4.69, 9.17) is 0 Å². The Labute approximate surface area is 120 Å². The summed E-state index contributed by atoms with van der Waals surface area (Å²) in [6, 6.07) is 6.85. The molecule has 0 unspecified atom stereocenters. The van der Waals surface area contributed by atoms with Crippen LogP contribution < -0.4 is 10.6 Å². The monoisotopic (exact) mass is 277 g/mol. The molecule has 20 heavy (non-hydrogen) atoms. The maximum atomic E-state index is 11.9. The third kappa shape index (κ3) is 4.57. The van der Waals surface area contributed by atoms with Crippen molar-refractivity contribution in [3.05, 3.63) is 29.8 Å². The lowest BCUT2D eigenvalue weighted by molar-refractivity contribution is 0.0827. The Morgan fingerprint density at radius 3 is 2.40 bits per heavy atom. The Morgan fingerprint density at radius 2 is 1.85 bits per heavy atom. The van der Waals surface area contributed by atoms with Crippen molar-refractivity contribution in [1.82, 2.24) is 10.2 Å². The second-order valence-corrected chi connectivity index (χ2v) is 4.89. The van der Waals surface area contributed by atoms with Crippen LogP contribution in [0.25, 0.3) is 0 Å². The molecule has 0 atom stereocenters. The molecule has 5 heteroatoms. The third-order valence-corrected chi connectivity index (χ3v) is 3.09. The van der Waals surface area contributed by atoms with Crippen molar-refractivity contribution in [3.8, 4) is 0 Å². The molecule has 0 saturated heterocycles. The molecule has 0 saturated carbocycles. The van der Waals surface area contributed by atoms with Crippen molar-refractivity contribution in [2.75, 3.05) is 19.4 Å². The van der Waals surface area contributed by atoms with E-state index in [-0.39, 0.29) is 18.0 Å². The van der Waals surface area contributed by atoms with Crippen molar-refractivity contribution in [1.29, 1.82) is 0 Å². The van der Waals surface area contributed by atoms with Crippen molar-refractivity contribution < 1.29 is 9.59 Å². The van der Waals surface area contributed by atoms with Crippen LogP contribution in [0.1, 0.15) is 37.0 Å². The molecule has 5 nitrogen and oxygen atoms in total. The zero-order valence-corrected chi connectivity index (χ0v) is 12.6. The molecule has 3 amide bonds. The van der Waals surface area contributed by atoms with E-state index in [2.05, 4.69) is 10.6 Å².